The topological polar surface area (TPSA) is 84.1 Å². The van der Waals surface area contributed by atoms with E-state index < -0.39 is 5.91 Å². The molecule has 2 rings (SSSR count). The first-order chi connectivity index (χ1) is 8.15. The molecule has 6 nitrogen and oxygen atoms in total. The normalized spacial score (nSPS) is 17.9. The van der Waals surface area contributed by atoms with Crippen LogP contribution >= 0.6 is 0 Å². The van der Waals surface area contributed by atoms with Crippen LogP contribution in [0.15, 0.2) is 12.4 Å². The van der Waals surface area contributed by atoms with Gasteiger partial charge in [-0.2, -0.15) is 0 Å². The first-order valence-electron chi connectivity index (χ1n) is 5.72. The SMILES string of the molecule is CN1CCC(Nc2cncc(C(N)=O)n2)CC1. The average molecular weight is 235 g/mol. The van der Waals surface area contributed by atoms with E-state index >= 15 is 0 Å². The van der Waals surface area contributed by atoms with Crippen LogP contribution in [-0.4, -0.2) is 47.0 Å². The standard InChI is InChI=1S/C11H17N5O/c1-16-4-2-8(3-5-16)14-10-7-13-6-9(15-10)11(12)17/h6-8H,2-5H2,1H3,(H2,12,17)(H,14,15). The van der Waals surface area contributed by atoms with Crippen molar-refractivity contribution >= 4 is 11.7 Å². The summed E-state index contributed by atoms with van der Waals surface area (Å²) in [4.78, 5) is 21.3. The zero-order valence-corrected chi connectivity index (χ0v) is 9.89. The number of piperidine rings is 1. The van der Waals surface area contributed by atoms with Gasteiger partial charge in [0.2, 0.25) is 0 Å². The van der Waals surface area contributed by atoms with Crippen molar-refractivity contribution in [1.29, 1.82) is 0 Å². The number of hydrogen-bond acceptors (Lipinski definition) is 5. The third-order valence-corrected chi connectivity index (χ3v) is 2.96. The lowest BCUT2D eigenvalue weighted by Crippen LogP contribution is -2.37. The maximum absolute atomic E-state index is 11.0. The van der Waals surface area contributed by atoms with Crippen LogP contribution < -0.4 is 11.1 Å². The molecule has 0 unspecified atom stereocenters. The van der Waals surface area contributed by atoms with E-state index in [4.69, 9.17) is 5.73 Å². The second kappa shape index (κ2) is 5.09. The first-order valence-corrected chi connectivity index (χ1v) is 5.72. The lowest BCUT2D eigenvalue weighted by atomic mass is 10.1. The Balaban J connectivity index is 1.98. The van der Waals surface area contributed by atoms with Crippen LogP contribution in [0.1, 0.15) is 23.3 Å². The van der Waals surface area contributed by atoms with E-state index in [9.17, 15) is 4.79 Å². The number of primary amides is 1. The number of rotatable bonds is 3. The zero-order valence-electron chi connectivity index (χ0n) is 9.89. The number of likely N-dealkylation sites (tertiary alicyclic amines) is 1. The van der Waals surface area contributed by atoms with Crippen molar-refractivity contribution in [3.8, 4) is 0 Å². The van der Waals surface area contributed by atoms with Gasteiger partial charge in [0.1, 0.15) is 11.5 Å². The fraction of sp³-hybridized carbons (Fsp3) is 0.545. The molecule has 6 heteroatoms. The van der Waals surface area contributed by atoms with Gasteiger partial charge >= 0.3 is 0 Å². The molecule has 1 aromatic heterocycles. The van der Waals surface area contributed by atoms with Crippen molar-refractivity contribution in [2.24, 2.45) is 5.73 Å². The molecule has 1 saturated heterocycles. The number of hydrogen-bond donors (Lipinski definition) is 2. The lowest BCUT2D eigenvalue weighted by molar-refractivity contribution is 0.0995. The van der Waals surface area contributed by atoms with Crippen molar-refractivity contribution in [2.75, 3.05) is 25.5 Å². The van der Waals surface area contributed by atoms with Gasteiger partial charge in [0.25, 0.3) is 5.91 Å². The minimum Gasteiger partial charge on any atom is -0.366 e. The Hall–Kier alpha value is -1.69. The predicted octanol–water partition coefficient (Wildman–Crippen LogP) is 0.0816. The van der Waals surface area contributed by atoms with Gasteiger partial charge in [-0.15, -0.1) is 0 Å². The van der Waals surface area contributed by atoms with E-state index in [0.29, 0.717) is 11.9 Å². The van der Waals surface area contributed by atoms with Gasteiger partial charge in [-0.1, -0.05) is 0 Å². The van der Waals surface area contributed by atoms with Gasteiger partial charge in [-0.3, -0.25) is 9.78 Å². The second-order valence-corrected chi connectivity index (χ2v) is 4.38. The Morgan fingerprint density at radius 1 is 1.47 bits per heavy atom. The molecule has 2 heterocycles. The largest absolute Gasteiger partial charge is 0.366 e. The summed E-state index contributed by atoms with van der Waals surface area (Å²) >= 11 is 0. The number of carbonyl (C=O) groups excluding carboxylic acids is 1. The Morgan fingerprint density at radius 2 is 2.18 bits per heavy atom. The van der Waals surface area contributed by atoms with Crippen LogP contribution in [0.4, 0.5) is 5.82 Å². The Labute approximate surface area is 100 Å². The molecule has 92 valence electrons. The van der Waals surface area contributed by atoms with E-state index in [2.05, 4.69) is 27.2 Å². The summed E-state index contributed by atoms with van der Waals surface area (Å²) in [7, 11) is 2.11. The molecule has 0 radical (unpaired) electrons. The third kappa shape index (κ3) is 3.13. The minimum atomic E-state index is -0.551. The predicted molar refractivity (Wildman–Crippen MR) is 64.7 cm³/mol. The van der Waals surface area contributed by atoms with Crippen molar-refractivity contribution in [2.45, 2.75) is 18.9 Å². The molecule has 1 amide bonds. The molecule has 0 bridgehead atoms. The highest BCUT2D eigenvalue weighted by Crippen LogP contribution is 2.13. The number of amides is 1. The zero-order chi connectivity index (χ0) is 12.3. The van der Waals surface area contributed by atoms with E-state index in [1.165, 1.54) is 6.20 Å². The average Bonchev–Trinajstić information content (AvgIpc) is 2.32. The summed E-state index contributed by atoms with van der Waals surface area (Å²) in [5, 5.41) is 3.29. The summed E-state index contributed by atoms with van der Waals surface area (Å²) in [6, 6.07) is 0.392. The van der Waals surface area contributed by atoms with Crippen LogP contribution in [0, 0.1) is 0 Å². The van der Waals surface area contributed by atoms with Crippen molar-refractivity contribution < 1.29 is 4.79 Å². The molecular formula is C11H17N5O. The van der Waals surface area contributed by atoms with Crippen molar-refractivity contribution in [1.82, 2.24) is 14.9 Å². The summed E-state index contributed by atoms with van der Waals surface area (Å²) < 4.78 is 0. The monoisotopic (exact) mass is 235 g/mol. The van der Waals surface area contributed by atoms with E-state index in [1.54, 1.807) is 6.20 Å². The van der Waals surface area contributed by atoms with Crippen LogP contribution in [0.25, 0.3) is 0 Å². The van der Waals surface area contributed by atoms with Crippen molar-refractivity contribution in [3.05, 3.63) is 18.1 Å². The molecule has 0 aromatic carbocycles. The quantitative estimate of drug-likeness (QED) is 0.775. The smallest absolute Gasteiger partial charge is 0.268 e. The van der Waals surface area contributed by atoms with E-state index in [0.717, 1.165) is 25.9 Å². The Bertz CT molecular complexity index is 401. The molecule has 0 spiro atoms. The lowest BCUT2D eigenvalue weighted by Gasteiger charge is -2.29. The van der Waals surface area contributed by atoms with Gasteiger partial charge < -0.3 is 16.0 Å². The van der Waals surface area contributed by atoms with Gasteiger partial charge in [-0.05, 0) is 33.0 Å². The van der Waals surface area contributed by atoms with Crippen LogP contribution in [0.3, 0.4) is 0 Å². The maximum atomic E-state index is 11.0. The van der Waals surface area contributed by atoms with Gasteiger partial charge in [-0.25, -0.2) is 4.98 Å². The minimum absolute atomic E-state index is 0.197. The van der Waals surface area contributed by atoms with Crippen molar-refractivity contribution in [3.63, 3.8) is 0 Å². The summed E-state index contributed by atoms with van der Waals surface area (Å²) in [6.45, 7) is 2.14. The highest BCUT2D eigenvalue weighted by molar-refractivity contribution is 5.90. The van der Waals surface area contributed by atoms with Crippen LogP contribution in [0.2, 0.25) is 0 Å². The Morgan fingerprint density at radius 3 is 2.82 bits per heavy atom. The van der Waals surface area contributed by atoms with Gasteiger partial charge in [0.15, 0.2) is 0 Å². The Kier molecular flexibility index (Phi) is 3.53. The molecule has 0 atom stereocenters. The number of carbonyl (C=O) groups is 1. The number of anilines is 1. The number of nitrogens with one attached hydrogen (secondary N) is 1. The molecular weight excluding hydrogens is 218 g/mol. The fourth-order valence-electron chi connectivity index (χ4n) is 1.92. The summed E-state index contributed by atoms with van der Waals surface area (Å²) in [5.74, 6) is 0.0698. The van der Waals surface area contributed by atoms with E-state index in [-0.39, 0.29) is 5.69 Å². The second-order valence-electron chi connectivity index (χ2n) is 4.38. The van der Waals surface area contributed by atoms with E-state index in [1.807, 2.05) is 0 Å². The third-order valence-electron chi connectivity index (χ3n) is 2.96. The summed E-state index contributed by atoms with van der Waals surface area (Å²) in [6.07, 6.45) is 5.13. The summed E-state index contributed by atoms with van der Waals surface area (Å²) in [5.41, 5.74) is 5.36. The molecule has 3 N–H and O–H groups in total. The molecule has 1 aliphatic heterocycles. The maximum Gasteiger partial charge on any atom is 0.268 e. The number of nitrogens with zero attached hydrogens (tertiary/aromatic N) is 3. The highest BCUT2D eigenvalue weighted by Gasteiger charge is 2.17. The molecule has 1 aliphatic rings. The molecule has 1 aromatic rings. The fourth-order valence-corrected chi connectivity index (χ4v) is 1.92. The molecule has 0 aliphatic carbocycles. The number of nitrogens with two attached hydrogens (primary N) is 1. The van der Waals surface area contributed by atoms with Crippen LogP contribution in [0.5, 0.6) is 0 Å². The number of aromatic nitrogens is 2. The molecule has 17 heavy (non-hydrogen) atoms. The van der Waals surface area contributed by atoms with Gasteiger partial charge in [0.05, 0.1) is 12.4 Å². The van der Waals surface area contributed by atoms with Crippen LogP contribution in [-0.2, 0) is 0 Å². The van der Waals surface area contributed by atoms with Gasteiger partial charge in [0, 0.05) is 6.04 Å². The highest BCUT2D eigenvalue weighted by atomic mass is 16.1. The first kappa shape index (κ1) is 11.8. The molecule has 0 saturated carbocycles. The molecule has 1 fully saturated rings.